The summed E-state index contributed by atoms with van der Waals surface area (Å²) in [6, 6.07) is 7.55. The number of carbonyl (C=O) groups excluding carboxylic acids is 2. The van der Waals surface area contributed by atoms with E-state index in [2.05, 4.69) is 12.2 Å². The first kappa shape index (κ1) is 18.8. The van der Waals surface area contributed by atoms with Gasteiger partial charge in [0.2, 0.25) is 5.91 Å². The van der Waals surface area contributed by atoms with Crippen LogP contribution in [0.15, 0.2) is 29.2 Å². The molecule has 1 heterocycles. The third-order valence-corrected chi connectivity index (χ3v) is 5.12. The second-order valence-corrected chi connectivity index (χ2v) is 7.14. The van der Waals surface area contributed by atoms with Crippen molar-refractivity contribution in [3.8, 4) is 0 Å². The van der Waals surface area contributed by atoms with Crippen LogP contribution in [0.25, 0.3) is 0 Å². The third-order valence-electron chi connectivity index (χ3n) is 4.05. The summed E-state index contributed by atoms with van der Waals surface area (Å²) in [5.74, 6) is 0.870. The molecule has 0 saturated carbocycles. The molecule has 0 spiro atoms. The Labute approximate surface area is 148 Å². The number of hydrogen-bond acceptors (Lipinski definition) is 4. The molecule has 6 heteroatoms. The highest BCUT2D eigenvalue weighted by Gasteiger charge is 2.23. The quantitative estimate of drug-likeness (QED) is 0.606. The van der Waals surface area contributed by atoms with E-state index < -0.39 is 0 Å². The van der Waals surface area contributed by atoms with Gasteiger partial charge in [-0.1, -0.05) is 19.1 Å². The molecule has 2 rings (SSSR count). The maximum atomic E-state index is 12.8. The van der Waals surface area contributed by atoms with Gasteiger partial charge in [0.05, 0.1) is 17.9 Å². The van der Waals surface area contributed by atoms with Gasteiger partial charge in [0.15, 0.2) is 0 Å². The average Bonchev–Trinajstić information content (AvgIpc) is 2.60. The Morgan fingerprint density at radius 1 is 1.38 bits per heavy atom. The normalized spacial score (nSPS) is 17.6. The number of methoxy groups -OCH3 is 1. The van der Waals surface area contributed by atoms with E-state index in [1.54, 1.807) is 7.11 Å². The first-order valence-electron chi connectivity index (χ1n) is 8.38. The fraction of sp³-hybridized carbons (Fsp3) is 0.556. The van der Waals surface area contributed by atoms with Crippen molar-refractivity contribution < 1.29 is 14.3 Å². The van der Waals surface area contributed by atoms with Crippen LogP contribution in [0.3, 0.4) is 0 Å². The van der Waals surface area contributed by atoms with Crippen molar-refractivity contribution in [3.63, 3.8) is 0 Å². The molecule has 2 amide bonds. The van der Waals surface area contributed by atoms with Gasteiger partial charge in [-0.25, -0.2) is 0 Å². The first-order valence-corrected chi connectivity index (χ1v) is 9.37. The molecule has 0 aliphatic carbocycles. The van der Waals surface area contributed by atoms with Crippen LogP contribution in [0.1, 0.15) is 30.1 Å². The Morgan fingerprint density at radius 2 is 2.17 bits per heavy atom. The molecular weight excluding hydrogens is 324 g/mol. The molecule has 24 heavy (non-hydrogen) atoms. The molecule has 5 nitrogen and oxygen atoms in total. The minimum atomic E-state index is -0.0501. The van der Waals surface area contributed by atoms with Crippen LogP contribution in [0.2, 0.25) is 0 Å². The van der Waals surface area contributed by atoms with E-state index >= 15 is 0 Å². The van der Waals surface area contributed by atoms with Gasteiger partial charge in [0, 0.05) is 31.6 Å². The molecule has 0 aromatic heterocycles. The molecular formula is C18H26N2O3S. The fourth-order valence-electron chi connectivity index (χ4n) is 2.80. The summed E-state index contributed by atoms with van der Waals surface area (Å²) in [7, 11) is 1.60. The van der Waals surface area contributed by atoms with Crippen LogP contribution < -0.4 is 5.32 Å². The fourth-order valence-corrected chi connectivity index (χ4v) is 3.67. The van der Waals surface area contributed by atoms with Gasteiger partial charge in [0.1, 0.15) is 0 Å². The lowest BCUT2D eigenvalue weighted by molar-refractivity contribution is -0.118. The van der Waals surface area contributed by atoms with Crippen molar-refractivity contribution in [1.82, 2.24) is 10.2 Å². The lowest BCUT2D eigenvalue weighted by atomic mass is 9.99. The molecule has 1 N–H and O–H groups in total. The zero-order chi connectivity index (χ0) is 17.4. The van der Waals surface area contributed by atoms with Crippen molar-refractivity contribution in [1.29, 1.82) is 0 Å². The van der Waals surface area contributed by atoms with E-state index in [0.717, 1.165) is 24.4 Å². The molecule has 132 valence electrons. The third kappa shape index (κ3) is 5.53. The molecule has 1 saturated heterocycles. The topological polar surface area (TPSA) is 58.6 Å². The largest absolute Gasteiger partial charge is 0.383 e. The summed E-state index contributed by atoms with van der Waals surface area (Å²) < 4.78 is 4.91. The van der Waals surface area contributed by atoms with Crippen LogP contribution in [0, 0.1) is 5.92 Å². The summed E-state index contributed by atoms with van der Waals surface area (Å²) >= 11 is 1.41. The number of likely N-dealkylation sites (tertiary alicyclic amines) is 1. The van der Waals surface area contributed by atoms with Crippen LogP contribution in [0.4, 0.5) is 0 Å². The highest BCUT2D eigenvalue weighted by Crippen LogP contribution is 2.25. The van der Waals surface area contributed by atoms with Crippen molar-refractivity contribution in [2.75, 3.05) is 39.1 Å². The minimum Gasteiger partial charge on any atom is -0.383 e. The molecule has 1 fully saturated rings. The standard InChI is InChI=1S/C18H26N2O3S/c1-14-6-5-10-20(12-14)18(22)15-7-3-4-8-16(15)24-13-17(21)19-9-11-23-2/h3-4,7-8,14H,5-6,9-13H2,1-2H3,(H,19,21). The highest BCUT2D eigenvalue weighted by molar-refractivity contribution is 8.00. The van der Waals surface area contributed by atoms with Crippen LogP contribution in [0.5, 0.6) is 0 Å². The SMILES string of the molecule is COCCNC(=O)CSc1ccccc1C(=O)N1CCCC(C)C1. The highest BCUT2D eigenvalue weighted by atomic mass is 32.2. The van der Waals surface area contributed by atoms with Gasteiger partial charge in [0.25, 0.3) is 5.91 Å². The smallest absolute Gasteiger partial charge is 0.254 e. The number of ether oxygens (including phenoxy) is 1. The Kier molecular flexibility index (Phi) is 7.59. The number of piperidine rings is 1. The van der Waals surface area contributed by atoms with Crippen LogP contribution >= 0.6 is 11.8 Å². The summed E-state index contributed by atoms with van der Waals surface area (Å²) in [4.78, 5) is 27.5. The zero-order valence-electron chi connectivity index (χ0n) is 14.4. The summed E-state index contributed by atoms with van der Waals surface area (Å²) in [5, 5.41) is 2.79. The van der Waals surface area contributed by atoms with Crippen molar-refractivity contribution in [3.05, 3.63) is 29.8 Å². The van der Waals surface area contributed by atoms with Crippen LogP contribution in [-0.2, 0) is 9.53 Å². The number of nitrogens with one attached hydrogen (secondary N) is 1. The average molecular weight is 350 g/mol. The Morgan fingerprint density at radius 3 is 2.92 bits per heavy atom. The summed E-state index contributed by atoms with van der Waals surface area (Å²) in [6.45, 7) is 4.82. The number of amides is 2. The molecule has 1 aliphatic heterocycles. The number of carbonyl (C=O) groups is 2. The van der Waals surface area contributed by atoms with E-state index in [4.69, 9.17) is 4.74 Å². The molecule has 1 atom stereocenters. The van der Waals surface area contributed by atoms with E-state index in [0.29, 0.717) is 30.4 Å². The summed E-state index contributed by atoms with van der Waals surface area (Å²) in [6.07, 6.45) is 2.24. The lowest BCUT2D eigenvalue weighted by Gasteiger charge is -2.31. The zero-order valence-corrected chi connectivity index (χ0v) is 15.2. The van der Waals surface area contributed by atoms with Gasteiger partial charge in [-0.2, -0.15) is 0 Å². The second-order valence-electron chi connectivity index (χ2n) is 6.13. The number of nitrogens with zero attached hydrogens (tertiary/aromatic N) is 1. The predicted molar refractivity (Wildman–Crippen MR) is 96.4 cm³/mol. The molecule has 1 aliphatic rings. The number of benzene rings is 1. The van der Waals surface area contributed by atoms with Gasteiger partial charge in [-0.3, -0.25) is 9.59 Å². The summed E-state index contributed by atoms with van der Waals surface area (Å²) in [5.41, 5.74) is 0.696. The minimum absolute atomic E-state index is 0.0501. The molecule has 1 aromatic rings. The van der Waals surface area contributed by atoms with Gasteiger partial charge in [-0.05, 0) is 30.9 Å². The van der Waals surface area contributed by atoms with E-state index in [-0.39, 0.29) is 11.8 Å². The predicted octanol–water partition coefficient (Wildman–Crippen LogP) is 2.41. The Bertz CT molecular complexity index is 565. The molecule has 0 bridgehead atoms. The van der Waals surface area contributed by atoms with Gasteiger partial charge in [-0.15, -0.1) is 11.8 Å². The maximum absolute atomic E-state index is 12.8. The maximum Gasteiger partial charge on any atom is 0.254 e. The second kappa shape index (κ2) is 9.69. The van der Waals surface area contributed by atoms with Crippen molar-refractivity contribution in [2.45, 2.75) is 24.7 Å². The van der Waals surface area contributed by atoms with Crippen LogP contribution in [-0.4, -0.2) is 55.8 Å². The van der Waals surface area contributed by atoms with Crippen molar-refractivity contribution in [2.24, 2.45) is 5.92 Å². The molecule has 1 aromatic carbocycles. The molecule has 1 unspecified atom stereocenters. The molecule has 0 radical (unpaired) electrons. The van der Waals surface area contributed by atoms with Crippen molar-refractivity contribution >= 4 is 23.6 Å². The Hall–Kier alpha value is -1.53. The monoisotopic (exact) mass is 350 g/mol. The number of thioether (sulfide) groups is 1. The van der Waals surface area contributed by atoms with Gasteiger partial charge >= 0.3 is 0 Å². The van der Waals surface area contributed by atoms with E-state index in [1.807, 2.05) is 29.2 Å². The number of hydrogen-bond donors (Lipinski definition) is 1. The van der Waals surface area contributed by atoms with E-state index in [1.165, 1.54) is 18.2 Å². The first-order chi connectivity index (χ1) is 11.6. The Balaban J connectivity index is 1.96. The van der Waals surface area contributed by atoms with Gasteiger partial charge < -0.3 is 15.0 Å². The van der Waals surface area contributed by atoms with E-state index in [9.17, 15) is 9.59 Å². The number of rotatable bonds is 7. The lowest BCUT2D eigenvalue weighted by Crippen LogP contribution is -2.39.